The monoisotopic (exact) mass is 271 g/mol. The van der Waals surface area contributed by atoms with E-state index in [2.05, 4.69) is 4.72 Å². The van der Waals surface area contributed by atoms with Gasteiger partial charge in [0.25, 0.3) is 0 Å². The van der Waals surface area contributed by atoms with Crippen LogP contribution in [0.1, 0.15) is 12.8 Å². The number of nitrogen functional groups attached to an aromatic ring is 1. The molecule has 2 rings (SSSR count). The molecule has 0 aliphatic carbocycles. The van der Waals surface area contributed by atoms with Crippen molar-refractivity contribution < 1.29 is 13.2 Å². The van der Waals surface area contributed by atoms with Crippen molar-refractivity contribution in [2.45, 2.75) is 12.8 Å². The maximum absolute atomic E-state index is 12.0. The number of hydrogen-bond acceptors (Lipinski definition) is 4. The van der Waals surface area contributed by atoms with Crippen LogP contribution in [0.3, 0.4) is 0 Å². The molecule has 1 fully saturated rings. The standard InChI is InChI=1S/C11H17N3O3S/c1-17-9-4-5-11(10(12)8-9)13-18(15,16)14-6-2-3-7-14/h4-5,8,13H,2-3,6-7,12H2,1H3. The molecule has 1 heterocycles. The van der Waals surface area contributed by atoms with Crippen molar-refractivity contribution in [1.82, 2.24) is 4.31 Å². The summed E-state index contributed by atoms with van der Waals surface area (Å²) < 4.78 is 33.0. The van der Waals surface area contributed by atoms with Crippen molar-refractivity contribution >= 4 is 21.6 Å². The first-order chi connectivity index (χ1) is 8.53. The van der Waals surface area contributed by atoms with Crippen molar-refractivity contribution in [3.05, 3.63) is 18.2 Å². The molecule has 0 unspecified atom stereocenters. The van der Waals surface area contributed by atoms with E-state index in [1.807, 2.05) is 0 Å². The van der Waals surface area contributed by atoms with E-state index in [1.165, 1.54) is 11.4 Å². The number of rotatable bonds is 4. The Kier molecular flexibility index (Phi) is 3.63. The lowest BCUT2D eigenvalue weighted by Crippen LogP contribution is -2.33. The van der Waals surface area contributed by atoms with E-state index in [4.69, 9.17) is 10.5 Å². The number of benzene rings is 1. The molecule has 1 aliphatic heterocycles. The Morgan fingerprint density at radius 2 is 2.00 bits per heavy atom. The number of anilines is 2. The van der Waals surface area contributed by atoms with E-state index in [-0.39, 0.29) is 0 Å². The minimum absolute atomic E-state index is 0.345. The van der Waals surface area contributed by atoms with Crippen molar-refractivity contribution in [2.75, 3.05) is 30.7 Å². The molecule has 6 nitrogen and oxygen atoms in total. The molecule has 0 aromatic heterocycles. The summed E-state index contributed by atoms with van der Waals surface area (Å²) in [5.41, 5.74) is 6.50. The van der Waals surface area contributed by atoms with Crippen molar-refractivity contribution in [1.29, 1.82) is 0 Å². The number of methoxy groups -OCH3 is 1. The van der Waals surface area contributed by atoms with Crippen LogP contribution in [0.15, 0.2) is 18.2 Å². The molecule has 1 aromatic rings. The quantitative estimate of drug-likeness (QED) is 0.801. The highest BCUT2D eigenvalue weighted by atomic mass is 32.2. The molecule has 0 spiro atoms. The smallest absolute Gasteiger partial charge is 0.301 e. The Bertz CT molecular complexity index is 524. The first kappa shape index (κ1) is 13.0. The summed E-state index contributed by atoms with van der Waals surface area (Å²) in [7, 11) is -1.96. The molecule has 0 saturated carbocycles. The zero-order chi connectivity index (χ0) is 13.2. The Morgan fingerprint density at radius 3 is 2.56 bits per heavy atom. The van der Waals surface area contributed by atoms with Crippen molar-refractivity contribution in [3.63, 3.8) is 0 Å². The maximum atomic E-state index is 12.0. The third-order valence-electron chi connectivity index (χ3n) is 2.90. The van der Waals surface area contributed by atoms with Crippen LogP contribution in [-0.2, 0) is 10.2 Å². The SMILES string of the molecule is COc1ccc(NS(=O)(=O)N2CCCC2)c(N)c1. The summed E-state index contributed by atoms with van der Waals surface area (Å²) in [6.45, 7) is 1.12. The molecule has 0 amide bonds. The zero-order valence-electron chi connectivity index (χ0n) is 10.2. The second-order valence-electron chi connectivity index (χ2n) is 4.17. The van der Waals surface area contributed by atoms with Gasteiger partial charge in [-0.25, -0.2) is 0 Å². The predicted octanol–water partition coefficient (Wildman–Crippen LogP) is 1.03. The molecule has 0 radical (unpaired) electrons. The molecular weight excluding hydrogens is 254 g/mol. The van der Waals surface area contributed by atoms with Gasteiger partial charge in [0.05, 0.1) is 18.5 Å². The molecule has 0 atom stereocenters. The van der Waals surface area contributed by atoms with Gasteiger partial charge in [0.2, 0.25) is 0 Å². The molecule has 18 heavy (non-hydrogen) atoms. The first-order valence-corrected chi connectivity index (χ1v) is 7.18. The lowest BCUT2D eigenvalue weighted by Gasteiger charge is -2.18. The van der Waals surface area contributed by atoms with Crippen LogP contribution in [0.5, 0.6) is 5.75 Å². The summed E-state index contributed by atoms with van der Waals surface area (Å²) >= 11 is 0. The summed E-state index contributed by atoms with van der Waals surface area (Å²) in [5.74, 6) is 0.594. The van der Waals surface area contributed by atoms with Crippen LogP contribution in [0.25, 0.3) is 0 Å². The summed E-state index contributed by atoms with van der Waals surface area (Å²) in [4.78, 5) is 0. The van der Waals surface area contributed by atoms with Crippen LogP contribution in [0.2, 0.25) is 0 Å². The third-order valence-corrected chi connectivity index (χ3v) is 4.43. The van der Waals surface area contributed by atoms with Crippen LogP contribution in [-0.4, -0.2) is 32.9 Å². The fourth-order valence-corrected chi connectivity index (χ4v) is 3.22. The maximum Gasteiger partial charge on any atom is 0.301 e. The molecular formula is C11H17N3O3S. The lowest BCUT2D eigenvalue weighted by molar-refractivity contribution is 0.415. The molecule has 1 saturated heterocycles. The topological polar surface area (TPSA) is 84.7 Å². The fraction of sp³-hybridized carbons (Fsp3) is 0.455. The predicted molar refractivity (Wildman–Crippen MR) is 70.8 cm³/mol. The Hall–Kier alpha value is -1.47. The third kappa shape index (κ3) is 2.68. The highest BCUT2D eigenvalue weighted by molar-refractivity contribution is 7.90. The van der Waals surface area contributed by atoms with E-state index in [0.717, 1.165) is 12.8 Å². The molecule has 7 heteroatoms. The summed E-state index contributed by atoms with van der Waals surface area (Å²) in [5, 5.41) is 0. The molecule has 0 bridgehead atoms. The molecule has 1 aromatic carbocycles. The van der Waals surface area contributed by atoms with Crippen molar-refractivity contribution in [2.24, 2.45) is 0 Å². The summed E-state index contributed by atoms with van der Waals surface area (Å²) in [6, 6.07) is 4.85. The van der Waals surface area contributed by atoms with E-state index in [0.29, 0.717) is 30.2 Å². The Balaban J connectivity index is 2.18. The molecule has 100 valence electrons. The van der Waals surface area contributed by atoms with Gasteiger partial charge >= 0.3 is 10.2 Å². The molecule has 1 aliphatic rings. The number of hydrogen-bond donors (Lipinski definition) is 2. The van der Waals surface area contributed by atoms with E-state index in [9.17, 15) is 8.42 Å². The van der Waals surface area contributed by atoms with Gasteiger partial charge in [-0.05, 0) is 25.0 Å². The number of nitrogens with zero attached hydrogens (tertiary/aromatic N) is 1. The van der Waals surface area contributed by atoms with Gasteiger partial charge in [-0.15, -0.1) is 0 Å². The number of ether oxygens (including phenoxy) is 1. The Labute approximate surface area is 107 Å². The normalized spacial score (nSPS) is 16.7. The highest BCUT2D eigenvalue weighted by Crippen LogP contribution is 2.26. The van der Waals surface area contributed by atoms with Crippen LogP contribution in [0.4, 0.5) is 11.4 Å². The highest BCUT2D eigenvalue weighted by Gasteiger charge is 2.25. The van der Waals surface area contributed by atoms with Gasteiger partial charge in [-0.3, -0.25) is 4.72 Å². The van der Waals surface area contributed by atoms with E-state index < -0.39 is 10.2 Å². The lowest BCUT2D eigenvalue weighted by atomic mass is 10.2. The van der Waals surface area contributed by atoms with E-state index >= 15 is 0 Å². The minimum Gasteiger partial charge on any atom is -0.497 e. The number of nitrogens with two attached hydrogens (primary N) is 1. The van der Waals surface area contributed by atoms with Gasteiger partial charge < -0.3 is 10.5 Å². The zero-order valence-corrected chi connectivity index (χ0v) is 11.0. The first-order valence-electron chi connectivity index (χ1n) is 5.74. The van der Waals surface area contributed by atoms with Crippen molar-refractivity contribution in [3.8, 4) is 5.75 Å². The van der Waals surface area contributed by atoms with Gasteiger partial charge in [0.15, 0.2) is 0 Å². The summed E-state index contributed by atoms with van der Waals surface area (Å²) in [6.07, 6.45) is 1.80. The second-order valence-corrected chi connectivity index (χ2v) is 5.84. The second kappa shape index (κ2) is 5.03. The van der Waals surface area contributed by atoms with Gasteiger partial charge in [-0.2, -0.15) is 12.7 Å². The number of nitrogens with one attached hydrogen (secondary N) is 1. The van der Waals surface area contributed by atoms with Crippen LogP contribution >= 0.6 is 0 Å². The van der Waals surface area contributed by atoms with E-state index in [1.54, 1.807) is 18.2 Å². The Morgan fingerprint density at radius 1 is 1.33 bits per heavy atom. The molecule has 3 N–H and O–H groups in total. The van der Waals surface area contributed by atoms with Crippen LogP contribution < -0.4 is 15.2 Å². The fourth-order valence-electron chi connectivity index (χ4n) is 1.89. The minimum atomic E-state index is -3.49. The average Bonchev–Trinajstić information content (AvgIpc) is 2.86. The van der Waals surface area contributed by atoms with Gasteiger partial charge in [0, 0.05) is 19.2 Å². The van der Waals surface area contributed by atoms with Gasteiger partial charge in [-0.1, -0.05) is 0 Å². The largest absolute Gasteiger partial charge is 0.497 e. The van der Waals surface area contributed by atoms with Gasteiger partial charge in [0.1, 0.15) is 5.75 Å². The van der Waals surface area contributed by atoms with Crippen LogP contribution in [0, 0.1) is 0 Å². The average molecular weight is 271 g/mol.